The van der Waals surface area contributed by atoms with Gasteiger partial charge >= 0.3 is 5.97 Å². The highest BCUT2D eigenvalue weighted by Crippen LogP contribution is 2.73. The number of rotatable bonds is 10. The molecule has 7 rings (SSSR count). The monoisotopic (exact) mass is 772 g/mol. The molecule has 6 atom stereocenters. The van der Waals surface area contributed by atoms with Gasteiger partial charge in [-0.15, -0.1) is 0 Å². The van der Waals surface area contributed by atoms with Crippen LogP contribution in [0, 0.1) is 11.8 Å². The lowest BCUT2D eigenvalue weighted by atomic mass is 9.94. The van der Waals surface area contributed by atoms with Crippen LogP contribution in [0.5, 0.6) is 11.5 Å². The van der Waals surface area contributed by atoms with Crippen molar-refractivity contribution < 1.29 is 38.1 Å². The van der Waals surface area contributed by atoms with E-state index in [4.69, 9.17) is 19.2 Å². The molecule has 4 aliphatic rings. The molecule has 1 aromatic heterocycles. The number of fused-ring (bicyclic) bond motifs is 3. The number of Topliss-reactive ketones (excluding diaryl/α,β-unsaturated/α-hetero) is 1. The number of methoxy groups -OCH3 is 1. The van der Waals surface area contributed by atoms with Crippen molar-refractivity contribution in [3.05, 3.63) is 54.6 Å². The van der Waals surface area contributed by atoms with Crippen LogP contribution >= 0.6 is 7.37 Å². The van der Waals surface area contributed by atoms with Crippen molar-refractivity contribution in [1.82, 2.24) is 9.88 Å². The first kappa shape index (κ1) is 39.5. The molecule has 2 aliphatic heterocycles. The molecular weight excluding hydrogens is 715 g/mol. The zero-order chi connectivity index (χ0) is 38.6. The summed E-state index contributed by atoms with van der Waals surface area (Å²) in [6.45, 7) is 2.07. The average molecular weight is 773 g/mol. The third kappa shape index (κ3) is 8.81. The Labute approximate surface area is 325 Å². The SMILES string of the molecule is CCCP(=O)(O)[C@]12CC(=O)[C@@H]3C[C@@H](Oc4cc(-c5ccccc5)nc5cc(OC)ccc45)CN3C(=O)C(CC(=O)OC3CCCC3)CCCCCCC[C@H]1C2. The van der Waals surface area contributed by atoms with Crippen LogP contribution in [0.4, 0.5) is 0 Å². The summed E-state index contributed by atoms with van der Waals surface area (Å²) in [6, 6.07) is 16.5. The maximum Gasteiger partial charge on any atom is 0.306 e. The Balaban J connectivity index is 1.21. The lowest BCUT2D eigenvalue weighted by Crippen LogP contribution is -2.45. The number of pyridine rings is 1. The number of benzene rings is 2. The molecule has 0 bridgehead atoms. The van der Waals surface area contributed by atoms with Gasteiger partial charge in [0.05, 0.1) is 42.5 Å². The Hall–Kier alpha value is -3.75. The molecule has 1 amide bonds. The highest BCUT2D eigenvalue weighted by atomic mass is 31.2. The predicted octanol–water partition coefficient (Wildman–Crippen LogP) is 8.89. The number of hydrogen-bond donors (Lipinski definition) is 1. The molecular formula is C44H57N2O8P. The normalized spacial score (nSPS) is 27.7. The number of hydrogen-bond acceptors (Lipinski definition) is 8. The van der Waals surface area contributed by atoms with Crippen LogP contribution in [-0.2, 0) is 23.7 Å². The minimum Gasteiger partial charge on any atom is -0.497 e. The van der Waals surface area contributed by atoms with Crippen LogP contribution in [0.25, 0.3) is 22.2 Å². The van der Waals surface area contributed by atoms with Gasteiger partial charge < -0.3 is 24.0 Å². The predicted molar refractivity (Wildman–Crippen MR) is 212 cm³/mol. The van der Waals surface area contributed by atoms with E-state index < -0.39 is 30.6 Å². The number of amides is 1. The molecule has 2 saturated carbocycles. The van der Waals surface area contributed by atoms with Crippen LogP contribution in [0.15, 0.2) is 54.6 Å². The minimum atomic E-state index is -3.65. The molecule has 11 heteroatoms. The number of carbonyl (C=O) groups is 3. The van der Waals surface area contributed by atoms with Crippen LogP contribution in [-0.4, -0.2) is 75.7 Å². The van der Waals surface area contributed by atoms with E-state index >= 15 is 0 Å². The molecule has 55 heavy (non-hydrogen) atoms. The zero-order valence-corrected chi connectivity index (χ0v) is 33.4. The van der Waals surface area contributed by atoms with Crippen molar-refractivity contribution >= 4 is 35.9 Å². The standard InChI is InChI=1S/C44H57N2O8P/c1-3-22-55(50,51)44-27-32(44)17-11-6-4-5-8-16-31(23-42(48)54-33-18-12-13-19-33)43(49)46-29-35(25-39(46)40(47)28-44)53-41-26-37(30-14-9-7-10-15-30)45-38-24-34(52-2)20-21-36(38)41/h7,9-10,14-15,20-21,24,26,31-33,35,39H,3-6,8,11-13,16-19,22-23,25,27-29H2,1-2H3,(H,50,51)/t31?,32-,35+,39-,44+/m0/s1. The van der Waals surface area contributed by atoms with Gasteiger partial charge in [0.25, 0.3) is 0 Å². The molecule has 2 saturated heterocycles. The Morgan fingerprint density at radius 1 is 0.945 bits per heavy atom. The first-order chi connectivity index (χ1) is 26.6. The molecule has 4 fully saturated rings. The number of esters is 1. The van der Waals surface area contributed by atoms with Gasteiger partial charge in [0, 0.05) is 48.0 Å². The molecule has 2 aliphatic carbocycles. The highest BCUT2D eigenvalue weighted by Gasteiger charge is 2.65. The van der Waals surface area contributed by atoms with E-state index in [-0.39, 0.29) is 61.7 Å². The topological polar surface area (TPSA) is 132 Å². The van der Waals surface area contributed by atoms with Crippen molar-refractivity contribution in [1.29, 1.82) is 0 Å². The second kappa shape index (κ2) is 17.2. The van der Waals surface area contributed by atoms with E-state index in [0.29, 0.717) is 42.0 Å². The molecule has 2 unspecified atom stereocenters. The molecule has 10 nitrogen and oxygen atoms in total. The third-order valence-electron chi connectivity index (χ3n) is 12.6. The Kier molecular flexibility index (Phi) is 12.3. The van der Waals surface area contributed by atoms with E-state index in [2.05, 4.69) is 0 Å². The van der Waals surface area contributed by atoms with Crippen LogP contribution < -0.4 is 9.47 Å². The van der Waals surface area contributed by atoms with E-state index in [0.717, 1.165) is 75.2 Å². The number of aromatic nitrogens is 1. The molecule has 296 valence electrons. The second-order valence-corrected chi connectivity index (χ2v) is 19.2. The van der Waals surface area contributed by atoms with Gasteiger partial charge in [0.1, 0.15) is 23.7 Å². The maximum absolute atomic E-state index is 14.8. The second-order valence-electron chi connectivity index (χ2n) is 16.5. The summed E-state index contributed by atoms with van der Waals surface area (Å²) in [4.78, 5) is 60.8. The fourth-order valence-electron chi connectivity index (χ4n) is 9.52. The van der Waals surface area contributed by atoms with E-state index in [1.165, 1.54) is 0 Å². The van der Waals surface area contributed by atoms with E-state index in [1.807, 2.05) is 61.5 Å². The number of carbonyl (C=O) groups excluding carboxylic acids is 3. The Morgan fingerprint density at radius 2 is 1.67 bits per heavy atom. The summed E-state index contributed by atoms with van der Waals surface area (Å²) in [5.74, 6) is -0.144. The van der Waals surface area contributed by atoms with Crippen molar-refractivity contribution in [3.63, 3.8) is 0 Å². The highest BCUT2D eigenvalue weighted by molar-refractivity contribution is 7.60. The van der Waals surface area contributed by atoms with Gasteiger partial charge in [0.2, 0.25) is 13.3 Å². The smallest absolute Gasteiger partial charge is 0.306 e. The first-order valence-corrected chi connectivity index (χ1v) is 22.5. The van der Waals surface area contributed by atoms with Crippen LogP contribution in [0.2, 0.25) is 0 Å². The van der Waals surface area contributed by atoms with Gasteiger partial charge in [-0.3, -0.25) is 18.9 Å². The van der Waals surface area contributed by atoms with E-state index in [1.54, 1.807) is 12.0 Å². The summed E-state index contributed by atoms with van der Waals surface area (Å²) in [5, 5.41) is -0.167. The van der Waals surface area contributed by atoms with Crippen LogP contribution in [0.1, 0.15) is 110 Å². The lowest BCUT2D eigenvalue weighted by molar-refractivity contribution is -0.154. The molecule has 3 aromatic rings. The van der Waals surface area contributed by atoms with Crippen LogP contribution in [0.3, 0.4) is 0 Å². The fourth-order valence-corrected chi connectivity index (χ4v) is 12.2. The van der Waals surface area contributed by atoms with E-state index in [9.17, 15) is 23.8 Å². The molecule has 3 heterocycles. The third-order valence-corrected chi connectivity index (χ3v) is 15.8. The quantitative estimate of drug-likeness (QED) is 0.159. The summed E-state index contributed by atoms with van der Waals surface area (Å²) in [6.07, 6.45) is 10.7. The van der Waals surface area contributed by atoms with Gasteiger partial charge in [-0.05, 0) is 69.4 Å². The van der Waals surface area contributed by atoms with Crippen molar-refractivity contribution in [3.8, 4) is 22.8 Å². The number of ether oxygens (including phenoxy) is 3. The van der Waals surface area contributed by atoms with Gasteiger partial charge in [-0.25, -0.2) is 4.98 Å². The zero-order valence-electron chi connectivity index (χ0n) is 32.5. The molecule has 0 radical (unpaired) electrons. The number of ketones is 1. The summed E-state index contributed by atoms with van der Waals surface area (Å²) in [5.41, 5.74) is 2.32. The summed E-state index contributed by atoms with van der Waals surface area (Å²) < 4.78 is 32.2. The summed E-state index contributed by atoms with van der Waals surface area (Å²) >= 11 is 0. The maximum atomic E-state index is 14.8. The molecule has 0 spiro atoms. The first-order valence-electron chi connectivity index (χ1n) is 20.7. The fraction of sp³-hybridized carbons (Fsp3) is 0.591. The van der Waals surface area contributed by atoms with Crippen molar-refractivity contribution in [2.45, 2.75) is 133 Å². The van der Waals surface area contributed by atoms with Crippen molar-refractivity contribution in [2.24, 2.45) is 11.8 Å². The van der Waals surface area contributed by atoms with Crippen molar-refractivity contribution in [2.75, 3.05) is 19.8 Å². The van der Waals surface area contributed by atoms with Gasteiger partial charge in [0.15, 0.2) is 5.78 Å². The minimum absolute atomic E-state index is 0.0239. The Bertz CT molecular complexity index is 1900. The molecule has 2 aromatic carbocycles. The average Bonchev–Trinajstić information content (AvgIpc) is 3.45. The lowest BCUT2D eigenvalue weighted by Gasteiger charge is -2.30. The molecule has 1 N–H and O–H groups in total. The van der Waals surface area contributed by atoms with Gasteiger partial charge in [-0.1, -0.05) is 69.4 Å². The largest absolute Gasteiger partial charge is 0.497 e. The number of nitrogens with zero attached hydrogens (tertiary/aromatic N) is 2. The van der Waals surface area contributed by atoms with Gasteiger partial charge in [-0.2, -0.15) is 0 Å². The summed E-state index contributed by atoms with van der Waals surface area (Å²) in [7, 11) is -2.04. The Morgan fingerprint density at radius 3 is 2.42 bits per heavy atom.